The minimum Gasteiger partial charge on any atom is -0.397 e. The molecule has 1 aliphatic rings. The first-order valence-corrected chi connectivity index (χ1v) is 6.81. The van der Waals surface area contributed by atoms with Gasteiger partial charge >= 0.3 is 0 Å². The Bertz CT molecular complexity index is 541. The van der Waals surface area contributed by atoms with E-state index in [2.05, 4.69) is 5.32 Å². The molecule has 0 bridgehead atoms. The number of morpholine rings is 1. The third-order valence-electron chi connectivity index (χ3n) is 3.40. The highest BCUT2D eigenvalue weighted by Gasteiger charge is 2.22. The van der Waals surface area contributed by atoms with Crippen molar-refractivity contribution in [2.24, 2.45) is 5.73 Å². The predicted molar refractivity (Wildman–Crippen MR) is 79.9 cm³/mol. The van der Waals surface area contributed by atoms with Gasteiger partial charge in [0.15, 0.2) is 0 Å². The van der Waals surface area contributed by atoms with Crippen LogP contribution in [0, 0.1) is 0 Å². The van der Waals surface area contributed by atoms with Crippen LogP contribution in [0.25, 0.3) is 0 Å². The molecule has 7 nitrogen and oxygen atoms in total. The second kappa shape index (κ2) is 6.45. The molecule has 0 aliphatic carbocycles. The lowest BCUT2D eigenvalue weighted by Gasteiger charge is -2.30. The zero-order valence-corrected chi connectivity index (χ0v) is 12.0. The summed E-state index contributed by atoms with van der Waals surface area (Å²) < 4.78 is 5.22. The summed E-state index contributed by atoms with van der Waals surface area (Å²) in [5, 5.41) is 3.04. The molecule has 1 aliphatic heterocycles. The van der Waals surface area contributed by atoms with Crippen molar-refractivity contribution in [2.45, 2.75) is 13.0 Å². The number of anilines is 2. The number of hydrogen-bond acceptors (Lipinski definition) is 5. The van der Waals surface area contributed by atoms with Crippen LogP contribution in [0.15, 0.2) is 18.2 Å². The van der Waals surface area contributed by atoms with Crippen molar-refractivity contribution in [2.75, 3.05) is 37.4 Å². The molecule has 0 saturated carbocycles. The third-order valence-corrected chi connectivity index (χ3v) is 3.40. The minimum atomic E-state index is -0.537. The van der Waals surface area contributed by atoms with Gasteiger partial charge in [0.1, 0.15) is 6.04 Å². The van der Waals surface area contributed by atoms with E-state index in [0.29, 0.717) is 43.2 Å². The Morgan fingerprint density at radius 3 is 2.62 bits per heavy atom. The Balaban J connectivity index is 2.07. The summed E-state index contributed by atoms with van der Waals surface area (Å²) in [6, 6.07) is 4.25. The van der Waals surface area contributed by atoms with Gasteiger partial charge in [-0.05, 0) is 25.1 Å². The van der Waals surface area contributed by atoms with Crippen molar-refractivity contribution in [1.29, 1.82) is 0 Å². The number of carbonyl (C=O) groups is 2. The van der Waals surface area contributed by atoms with Crippen LogP contribution in [0.3, 0.4) is 0 Å². The molecule has 2 rings (SSSR count). The van der Waals surface area contributed by atoms with Crippen LogP contribution >= 0.6 is 0 Å². The molecule has 1 saturated heterocycles. The normalized spacial score (nSPS) is 16.3. The number of ether oxygens (including phenoxy) is 1. The molecular formula is C14H20N4O3. The number of nitrogen functional groups attached to an aromatic ring is 1. The molecule has 21 heavy (non-hydrogen) atoms. The van der Waals surface area contributed by atoms with Crippen LogP contribution < -0.4 is 16.8 Å². The van der Waals surface area contributed by atoms with Crippen molar-refractivity contribution in [3.05, 3.63) is 23.8 Å². The number of nitrogens with one attached hydrogen (secondary N) is 1. The number of rotatable bonds is 4. The Hall–Kier alpha value is -2.28. The van der Waals surface area contributed by atoms with Crippen molar-refractivity contribution in [3.8, 4) is 0 Å². The highest BCUT2D eigenvalue weighted by Crippen LogP contribution is 2.21. The van der Waals surface area contributed by atoms with Gasteiger partial charge in [0.25, 0.3) is 0 Å². The SMILES string of the molecule is CC(Nc1cc(C(N)=O)ccc1N)C(=O)N1CCOCC1. The van der Waals surface area contributed by atoms with Gasteiger partial charge in [0.05, 0.1) is 24.6 Å². The number of nitrogens with zero attached hydrogens (tertiary/aromatic N) is 1. The van der Waals surface area contributed by atoms with Gasteiger partial charge in [0, 0.05) is 18.7 Å². The Kier molecular flexibility index (Phi) is 4.64. The lowest BCUT2D eigenvalue weighted by atomic mass is 10.1. The lowest BCUT2D eigenvalue weighted by molar-refractivity contribution is -0.135. The first-order chi connectivity index (χ1) is 9.99. The Labute approximate surface area is 123 Å². The van der Waals surface area contributed by atoms with Gasteiger partial charge in [-0.2, -0.15) is 0 Å². The van der Waals surface area contributed by atoms with Crippen LogP contribution in [0.2, 0.25) is 0 Å². The summed E-state index contributed by atoms with van der Waals surface area (Å²) in [5.74, 6) is -0.563. The zero-order valence-electron chi connectivity index (χ0n) is 12.0. The quantitative estimate of drug-likeness (QED) is 0.678. The standard InChI is InChI=1S/C14H20N4O3/c1-9(14(20)18-4-6-21-7-5-18)17-12-8-10(13(16)19)2-3-11(12)15/h2-3,8-9,17H,4-7,15H2,1H3,(H2,16,19). The van der Waals surface area contributed by atoms with Gasteiger partial charge in [-0.1, -0.05) is 0 Å². The van der Waals surface area contributed by atoms with Crippen LogP contribution in [-0.2, 0) is 9.53 Å². The molecule has 1 aromatic rings. The van der Waals surface area contributed by atoms with E-state index in [1.54, 1.807) is 30.0 Å². The van der Waals surface area contributed by atoms with Crippen molar-refractivity contribution < 1.29 is 14.3 Å². The molecule has 1 unspecified atom stereocenters. The van der Waals surface area contributed by atoms with Gasteiger partial charge in [-0.25, -0.2) is 0 Å². The van der Waals surface area contributed by atoms with E-state index in [0.717, 1.165) is 0 Å². The number of amides is 2. The lowest BCUT2D eigenvalue weighted by Crippen LogP contribution is -2.47. The summed E-state index contributed by atoms with van der Waals surface area (Å²) >= 11 is 0. The van der Waals surface area contributed by atoms with E-state index in [-0.39, 0.29) is 5.91 Å². The first-order valence-electron chi connectivity index (χ1n) is 6.81. The molecule has 7 heteroatoms. The smallest absolute Gasteiger partial charge is 0.248 e. The van der Waals surface area contributed by atoms with Crippen LogP contribution in [-0.4, -0.2) is 49.1 Å². The van der Waals surface area contributed by atoms with Gasteiger partial charge < -0.3 is 26.4 Å². The molecular weight excluding hydrogens is 272 g/mol. The largest absolute Gasteiger partial charge is 0.397 e. The zero-order chi connectivity index (χ0) is 15.4. The summed E-state index contributed by atoms with van der Waals surface area (Å²) in [4.78, 5) is 25.2. The Morgan fingerprint density at radius 2 is 2.00 bits per heavy atom. The van der Waals surface area contributed by atoms with Crippen LogP contribution in [0.4, 0.5) is 11.4 Å². The molecule has 1 fully saturated rings. The number of carbonyl (C=O) groups excluding carboxylic acids is 2. The molecule has 0 spiro atoms. The van der Waals surface area contributed by atoms with E-state index in [9.17, 15) is 9.59 Å². The first kappa shape index (κ1) is 15.1. The summed E-state index contributed by atoms with van der Waals surface area (Å²) in [5.41, 5.74) is 12.4. The fourth-order valence-corrected chi connectivity index (χ4v) is 2.19. The molecule has 5 N–H and O–H groups in total. The number of nitrogens with two attached hydrogens (primary N) is 2. The van der Waals surface area contributed by atoms with Gasteiger partial charge in [-0.15, -0.1) is 0 Å². The number of hydrogen-bond donors (Lipinski definition) is 3. The minimum absolute atomic E-state index is 0.0258. The summed E-state index contributed by atoms with van der Waals surface area (Å²) in [6.07, 6.45) is 0. The molecule has 1 aromatic carbocycles. The summed E-state index contributed by atoms with van der Waals surface area (Å²) in [6.45, 7) is 4.03. The predicted octanol–water partition coefficient (Wildman–Crippen LogP) is 0.0269. The highest BCUT2D eigenvalue weighted by atomic mass is 16.5. The Morgan fingerprint density at radius 1 is 1.33 bits per heavy atom. The fraction of sp³-hybridized carbons (Fsp3) is 0.429. The number of primary amides is 1. The van der Waals surface area contributed by atoms with E-state index in [1.807, 2.05) is 0 Å². The monoisotopic (exact) mass is 292 g/mol. The molecule has 0 radical (unpaired) electrons. The summed E-state index contributed by atoms with van der Waals surface area (Å²) in [7, 11) is 0. The van der Waals surface area contributed by atoms with Crippen molar-refractivity contribution in [1.82, 2.24) is 4.90 Å². The van der Waals surface area contributed by atoms with Crippen LogP contribution in [0.1, 0.15) is 17.3 Å². The molecule has 2 amide bonds. The van der Waals surface area contributed by atoms with Gasteiger partial charge in [0.2, 0.25) is 11.8 Å². The van der Waals surface area contributed by atoms with Gasteiger partial charge in [-0.3, -0.25) is 9.59 Å². The maximum Gasteiger partial charge on any atom is 0.248 e. The van der Waals surface area contributed by atoms with E-state index in [1.165, 1.54) is 0 Å². The third kappa shape index (κ3) is 3.63. The maximum absolute atomic E-state index is 12.3. The van der Waals surface area contributed by atoms with Crippen molar-refractivity contribution in [3.63, 3.8) is 0 Å². The topological polar surface area (TPSA) is 111 Å². The molecule has 1 atom stereocenters. The molecule has 0 aromatic heterocycles. The van der Waals surface area contributed by atoms with E-state index >= 15 is 0 Å². The number of benzene rings is 1. The maximum atomic E-state index is 12.3. The van der Waals surface area contributed by atoms with E-state index < -0.39 is 11.9 Å². The van der Waals surface area contributed by atoms with E-state index in [4.69, 9.17) is 16.2 Å². The average molecular weight is 292 g/mol. The highest BCUT2D eigenvalue weighted by molar-refractivity contribution is 5.95. The van der Waals surface area contributed by atoms with Crippen molar-refractivity contribution >= 4 is 23.2 Å². The fourth-order valence-electron chi connectivity index (χ4n) is 2.19. The van der Waals surface area contributed by atoms with Crippen LogP contribution in [0.5, 0.6) is 0 Å². The second-order valence-corrected chi connectivity index (χ2v) is 4.97. The molecule has 114 valence electrons. The molecule has 1 heterocycles. The second-order valence-electron chi connectivity index (χ2n) is 4.97. The average Bonchev–Trinajstić information content (AvgIpc) is 2.49.